The van der Waals surface area contributed by atoms with Gasteiger partial charge in [0.25, 0.3) is 0 Å². The molecule has 0 amide bonds. The molecule has 0 fully saturated rings. The monoisotopic (exact) mass is 304 g/mol. The highest BCUT2D eigenvalue weighted by atomic mass is 16.3. The van der Waals surface area contributed by atoms with E-state index in [1.54, 1.807) is 24.3 Å². The average Bonchev–Trinajstić information content (AvgIpc) is 2.54. The fraction of sp³-hybridized carbons (Fsp3) is 0.100. The van der Waals surface area contributed by atoms with Gasteiger partial charge in [0.15, 0.2) is 0 Å². The largest absolute Gasteiger partial charge is 0.508 e. The van der Waals surface area contributed by atoms with Crippen molar-refractivity contribution in [2.24, 2.45) is 0 Å². The first kappa shape index (κ1) is 13.7. The Morgan fingerprint density at radius 3 is 1.83 bits per heavy atom. The molecule has 0 bridgehead atoms. The average molecular weight is 304 g/mol. The first-order chi connectivity index (χ1) is 11.1. The van der Waals surface area contributed by atoms with Crippen LogP contribution in [-0.4, -0.2) is 15.3 Å². The summed E-state index contributed by atoms with van der Waals surface area (Å²) >= 11 is 0. The Morgan fingerprint density at radius 1 is 0.696 bits per heavy atom. The molecule has 0 aromatic heterocycles. The molecule has 4 rings (SSSR count). The molecule has 0 saturated heterocycles. The van der Waals surface area contributed by atoms with Gasteiger partial charge in [-0.1, -0.05) is 36.4 Å². The van der Waals surface area contributed by atoms with E-state index < -0.39 is 0 Å². The molecular formula is C20H16O3. The van der Waals surface area contributed by atoms with Crippen LogP contribution < -0.4 is 0 Å². The number of hydrogen-bond acceptors (Lipinski definition) is 3. The van der Waals surface area contributed by atoms with Crippen LogP contribution in [-0.2, 0) is 6.42 Å². The minimum absolute atomic E-state index is 0.125. The van der Waals surface area contributed by atoms with E-state index in [1.165, 1.54) is 0 Å². The van der Waals surface area contributed by atoms with Crippen molar-refractivity contribution in [1.29, 1.82) is 0 Å². The Bertz CT molecular complexity index is 848. The molecular weight excluding hydrogens is 288 g/mol. The molecule has 0 saturated carbocycles. The first-order valence-electron chi connectivity index (χ1n) is 7.55. The summed E-state index contributed by atoms with van der Waals surface area (Å²) in [6.07, 6.45) is 0.499. The molecule has 3 nitrogen and oxygen atoms in total. The van der Waals surface area contributed by atoms with E-state index >= 15 is 0 Å². The normalized spacial score (nSPS) is 13.4. The number of benzene rings is 3. The fourth-order valence-corrected chi connectivity index (χ4v) is 3.52. The Morgan fingerprint density at radius 2 is 1.26 bits per heavy atom. The third-order valence-corrected chi connectivity index (χ3v) is 4.55. The van der Waals surface area contributed by atoms with Gasteiger partial charge >= 0.3 is 0 Å². The van der Waals surface area contributed by atoms with Gasteiger partial charge in [0, 0.05) is 23.5 Å². The lowest BCUT2D eigenvalue weighted by Gasteiger charge is -2.30. The molecule has 3 aromatic carbocycles. The summed E-state index contributed by atoms with van der Waals surface area (Å²) in [6.45, 7) is 0. The zero-order chi connectivity index (χ0) is 16.0. The molecule has 0 aliphatic heterocycles. The van der Waals surface area contributed by atoms with Crippen molar-refractivity contribution in [1.82, 2.24) is 0 Å². The maximum atomic E-state index is 10.3. The van der Waals surface area contributed by atoms with Crippen LogP contribution in [0.3, 0.4) is 0 Å². The SMILES string of the molecule is Oc1cccc(C2c3cccc(O)c3Cc3c(O)cccc32)c1. The van der Waals surface area contributed by atoms with Gasteiger partial charge in [0.2, 0.25) is 0 Å². The van der Waals surface area contributed by atoms with E-state index in [2.05, 4.69) is 0 Å². The summed E-state index contributed by atoms with van der Waals surface area (Å²) in [6, 6.07) is 18.1. The zero-order valence-corrected chi connectivity index (χ0v) is 12.4. The minimum Gasteiger partial charge on any atom is -0.508 e. The van der Waals surface area contributed by atoms with Gasteiger partial charge in [0.05, 0.1) is 0 Å². The number of phenolic OH excluding ortho intramolecular Hbond substituents is 3. The van der Waals surface area contributed by atoms with Crippen molar-refractivity contribution in [3.8, 4) is 17.2 Å². The van der Waals surface area contributed by atoms with Gasteiger partial charge in [-0.25, -0.2) is 0 Å². The van der Waals surface area contributed by atoms with Gasteiger partial charge in [-0.15, -0.1) is 0 Å². The van der Waals surface area contributed by atoms with E-state index in [9.17, 15) is 15.3 Å². The van der Waals surface area contributed by atoms with Gasteiger partial charge in [-0.3, -0.25) is 0 Å². The molecule has 0 unspecified atom stereocenters. The molecule has 0 atom stereocenters. The summed E-state index contributed by atoms with van der Waals surface area (Å²) in [5.41, 5.74) is 4.61. The lowest BCUT2D eigenvalue weighted by atomic mass is 9.74. The summed E-state index contributed by atoms with van der Waals surface area (Å²) in [5.74, 6) is 0.555. The summed E-state index contributed by atoms with van der Waals surface area (Å²) in [7, 11) is 0. The molecule has 0 spiro atoms. The van der Waals surface area contributed by atoms with Crippen molar-refractivity contribution >= 4 is 0 Å². The van der Waals surface area contributed by atoms with Crippen molar-refractivity contribution in [3.63, 3.8) is 0 Å². The standard InChI is InChI=1S/C20H16O3/c21-13-5-1-4-12(10-13)20-14-6-2-8-18(22)16(14)11-17-15(20)7-3-9-19(17)23/h1-10,20-23H,11H2. The highest BCUT2D eigenvalue weighted by molar-refractivity contribution is 5.61. The Kier molecular flexibility index (Phi) is 3.01. The summed E-state index contributed by atoms with van der Waals surface area (Å²) < 4.78 is 0. The summed E-state index contributed by atoms with van der Waals surface area (Å²) in [5, 5.41) is 30.4. The molecule has 3 N–H and O–H groups in total. The Balaban J connectivity index is 2.02. The molecule has 114 valence electrons. The number of aromatic hydroxyl groups is 3. The number of rotatable bonds is 1. The van der Waals surface area contributed by atoms with Crippen molar-refractivity contribution in [2.75, 3.05) is 0 Å². The second kappa shape index (κ2) is 5.06. The predicted octanol–water partition coefficient (Wildman–Crippen LogP) is 3.89. The lowest BCUT2D eigenvalue weighted by Crippen LogP contribution is -2.15. The zero-order valence-electron chi connectivity index (χ0n) is 12.4. The molecule has 1 aliphatic carbocycles. The number of hydrogen-bond donors (Lipinski definition) is 3. The van der Waals surface area contributed by atoms with Crippen LogP contribution in [0.1, 0.15) is 33.7 Å². The fourth-order valence-electron chi connectivity index (χ4n) is 3.52. The second-order valence-electron chi connectivity index (χ2n) is 5.89. The lowest BCUT2D eigenvalue weighted by molar-refractivity contribution is 0.458. The molecule has 3 heteroatoms. The third-order valence-electron chi connectivity index (χ3n) is 4.55. The number of phenols is 3. The van der Waals surface area contributed by atoms with Crippen LogP contribution in [0, 0.1) is 0 Å². The van der Waals surface area contributed by atoms with E-state index in [0.717, 1.165) is 27.8 Å². The van der Waals surface area contributed by atoms with E-state index in [-0.39, 0.29) is 23.2 Å². The van der Waals surface area contributed by atoms with Crippen LogP contribution >= 0.6 is 0 Å². The van der Waals surface area contributed by atoms with Crippen LogP contribution in [0.15, 0.2) is 60.7 Å². The van der Waals surface area contributed by atoms with Gasteiger partial charge in [-0.2, -0.15) is 0 Å². The van der Waals surface area contributed by atoms with Crippen LogP contribution in [0.4, 0.5) is 0 Å². The topological polar surface area (TPSA) is 60.7 Å². The van der Waals surface area contributed by atoms with E-state index in [1.807, 2.05) is 36.4 Å². The quantitative estimate of drug-likeness (QED) is 0.500. The van der Waals surface area contributed by atoms with Gasteiger partial charge in [-0.05, 0) is 41.0 Å². The maximum Gasteiger partial charge on any atom is 0.119 e. The van der Waals surface area contributed by atoms with Gasteiger partial charge in [0.1, 0.15) is 17.2 Å². The highest BCUT2D eigenvalue weighted by Crippen LogP contribution is 2.46. The molecule has 1 aliphatic rings. The van der Waals surface area contributed by atoms with Crippen LogP contribution in [0.5, 0.6) is 17.2 Å². The second-order valence-corrected chi connectivity index (χ2v) is 5.89. The summed E-state index contributed by atoms with van der Waals surface area (Å²) in [4.78, 5) is 0. The molecule has 3 aromatic rings. The Hall–Kier alpha value is -2.94. The van der Waals surface area contributed by atoms with Crippen molar-refractivity contribution in [2.45, 2.75) is 12.3 Å². The van der Waals surface area contributed by atoms with Gasteiger partial charge < -0.3 is 15.3 Å². The maximum absolute atomic E-state index is 10.3. The molecule has 23 heavy (non-hydrogen) atoms. The smallest absolute Gasteiger partial charge is 0.119 e. The minimum atomic E-state index is -0.125. The first-order valence-corrected chi connectivity index (χ1v) is 7.55. The van der Waals surface area contributed by atoms with Crippen molar-refractivity contribution < 1.29 is 15.3 Å². The number of fused-ring (bicyclic) bond motifs is 2. The van der Waals surface area contributed by atoms with Crippen molar-refractivity contribution in [3.05, 3.63) is 88.5 Å². The van der Waals surface area contributed by atoms with E-state index in [0.29, 0.717) is 6.42 Å². The predicted molar refractivity (Wildman–Crippen MR) is 88.1 cm³/mol. The Labute approximate surface area is 134 Å². The molecule has 0 heterocycles. The molecule has 0 radical (unpaired) electrons. The van der Waals surface area contributed by atoms with E-state index in [4.69, 9.17) is 0 Å². The van der Waals surface area contributed by atoms with Crippen LogP contribution in [0.2, 0.25) is 0 Å². The third kappa shape index (κ3) is 2.13. The highest BCUT2D eigenvalue weighted by Gasteiger charge is 2.30. The van der Waals surface area contributed by atoms with Crippen LogP contribution in [0.25, 0.3) is 0 Å².